The first-order valence-electron chi connectivity index (χ1n) is 2.20. The van der Waals surface area contributed by atoms with Crippen LogP contribution in [0.4, 0.5) is 0 Å². The topological polar surface area (TPSA) is 0 Å². The standard InChI is InChI=1S/C6H5.Ga/c1-2-4-6-5-3-1;/h1-5H;. The van der Waals surface area contributed by atoms with Crippen LogP contribution in [0.15, 0.2) is 30.3 Å². The molecular weight excluding hydrogens is 142 g/mol. The van der Waals surface area contributed by atoms with Crippen molar-refractivity contribution in [1.29, 1.82) is 0 Å². The molecule has 0 unspecified atom stereocenters. The van der Waals surface area contributed by atoms with E-state index >= 15 is 0 Å². The summed E-state index contributed by atoms with van der Waals surface area (Å²) in [6, 6.07) is 10.4. The van der Waals surface area contributed by atoms with Crippen molar-refractivity contribution in [3.8, 4) is 0 Å². The van der Waals surface area contributed by atoms with E-state index in [1.807, 2.05) is 6.07 Å². The van der Waals surface area contributed by atoms with Crippen LogP contribution in [0, 0.1) is 0 Å². The van der Waals surface area contributed by atoms with Gasteiger partial charge in [0.1, 0.15) is 0 Å². The Morgan fingerprint density at radius 3 is 1.86 bits per heavy atom. The van der Waals surface area contributed by atoms with Gasteiger partial charge in [0.05, 0.1) is 0 Å². The minimum atomic E-state index is 1.38. The van der Waals surface area contributed by atoms with Crippen LogP contribution in [0.25, 0.3) is 0 Å². The van der Waals surface area contributed by atoms with Crippen LogP contribution in [-0.4, -0.2) is 18.6 Å². The third kappa shape index (κ3) is 1.41. The van der Waals surface area contributed by atoms with Crippen molar-refractivity contribution in [2.24, 2.45) is 0 Å². The molecule has 2 radical (unpaired) electrons. The number of hydrogen-bond donors (Lipinski definition) is 0. The zero-order valence-electron chi connectivity index (χ0n) is 3.96. The van der Waals surface area contributed by atoms with Crippen LogP contribution in [0.1, 0.15) is 0 Å². The molecule has 1 aromatic carbocycles. The Morgan fingerprint density at radius 2 is 1.57 bits per heavy atom. The summed E-state index contributed by atoms with van der Waals surface area (Å²) < 4.78 is 1.38. The molecule has 0 N–H and O–H groups in total. The SMILES string of the molecule is [Ga][c]1ccccc1. The van der Waals surface area contributed by atoms with E-state index in [0.717, 1.165) is 0 Å². The second-order valence-corrected chi connectivity index (χ2v) is 2.81. The summed E-state index contributed by atoms with van der Waals surface area (Å²) in [5.74, 6) is 0. The average Bonchev–Trinajstić information content (AvgIpc) is 1.69. The minimum absolute atomic E-state index is 1.38. The molecule has 0 spiro atoms. The van der Waals surface area contributed by atoms with Crippen LogP contribution in [0.5, 0.6) is 0 Å². The molecule has 0 nitrogen and oxygen atoms in total. The molecule has 0 aliphatic heterocycles. The predicted molar refractivity (Wildman–Crippen MR) is 31.8 cm³/mol. The molecule has 1 aromatic rings. The molecular formula is C6H5Ga. The van der Waals surface area contributed by atoms with E-state index in [4.69, 9.17) is 0 Å². The summed E-state index contributed by atoms with van der Waals surface area (Å²) in [5, 5.41) is 0. The van der Waals surface area contributed by atoms with Gasteiger partial charge in [-0.25, -0.2) is 0 Å². The maximum absolute atomic E-state index is 2.11. The van der Waals surface area contributed by atoms with E-state index in [9.17, 15) is 0 Å². The van der Waals surface area contributed by atoms with E-state index in [-0.39, 0.29) is 0 Å². The van der Waals surface area contributed by atoms with Gasteiger partial charge in [0.25, 0.3) is 0 Å². The Kier molecular flexibility index (Phi) is 1.60. The van der Waals surface area contributed by atoms with E-state index in [0.29, 0.717) is 0 Å². The molecule has 0 aromatic heterocycles. The number of rotatable bonds is 0. The third-order valence-electron chi connectivity index (χ3n) is 0.800. The van der Waals surface area contributed by atoms with E-state index < -0.39 is 0 Å². The Labute approximate surface area is 53.5 Å². The van der Waals surface area contributed by atoms with Crippen LogP contribution in [-0.2, 0) is 0 Å². The molecule has 0 saturated heterocycles. The van der Waals surface area contributed by atoms with Crippen molar-refractivity contribution in [2.75, 3.05) is 0 Å². The van der Waals surface area contributed by atoms with Gasteiger partial charge < -0.3 is 0 Å². The van der Waals surface area contributed by atoms with Gasteiger partial charge in [-0.05, 0) is 0 Å². The molecule has 0 saturated carbocycles. The van der Waals surface area contributed by atoms with E-state index in [1.165, 1.54) is 4.12 Å². The first-order valence-corrected chi connectivity index (χ1v) is 3.41. The molecule has 32 valence electrons. The van der Waals surface area contributed by atoms with E-state index in [2.05, 4.69) is 24.3 Å². The molecule has 0 bridgehead atoms. The molecule has 0 atom stereocenters. The van der Waals surface area contributed by atoms with Crippen molar-refractivity contribution in [2.45, 2.75) is 0 Å². The summed E-state index contributed by atoms with van der Waals surface area (Å²) in [4.78, 5) is 0. The van der Waals surface area contributed by atoms with Crippen LogP contribution in [0.2, 0.25) is 0 Å². The molecule has 1 heteroatoms. The Hall–Kier alpha value is -0.144. The second-order valence-electron chi connectivity index (χ2n) is 1.41. The summed E-state index contributed by atoms with van der Waals surface area (Å²) in [5.41, 5.74) is 0. The molecule has 0 fully saturated rings. The average molecular weight is 147 g/mol. The van der Waals surface area contributed by atoms with Crippen molar-refractivity contribution < 1.29 is 0 Å². The van der Waals surface area contributed by atoms with Crippen LogP contribution < -0.4 is 4.12 Å². The fourth-order valence-corrected chi connectivity index (χ4v) is 0.919. The molecule has 0 aliphatic carbocycles. The van der Waals surface area contributed by atoms with Gasteiger partial charge in [0.15, 0.2) is 0 Å². The first-order chi connectivity index (χ1) is 3.39. The molecule has 0 heterocycles. The third-order valence-corrected chi connectivity index (χ3v) is 1.61. The fourth-order valence-electron chi connectivity index (χ4n) is 0.453. The summed E-state index contributed by atoms with van der Waals surface area (Å²) in [6.45, 7) is 0. The van der Waals surface area contributed by atoms with Crippen molar-refractivity contribution in [3.05, 3.63) is 30.3 Å². The van der Waals surface area contributed by atoms with Gasteiger partial charge in [-0.3, -0.25) is 0 Å². The van der Waals surface area contributed by atoms with Crippen LogP contribution >= 0.6 is 0 Å². The molecule has 1 rings (SSSR count). The van der Waals surface area contributed by atoms with E-state index in [1.54, 1.807) is 18.6 Å². The Bertz CT molecular complexity index is 134. The summed E-state index contributed by atoms with van der Waals surface area (Å²) in [6.07, 6.45) is 0. The van der Waals surface area contributed by atoms with Gasteiger partial charge in [-0.15, -0.1) is 0 Å². The summed E-state index contributed by atoms with van der Waals surface area (Å²) >= 11 is 1.67. The maximum atomic E-state index is 2.11. The van der Waals surface area contributed by atoms with Gasteiger partial charge in [0.2, 0.25) is 0 Å². The van der Waals surface area contributed by atoms with Crippen molar-refractivity contribution >= 4 is 22.7 Å². The number of hydrogen-bond acceptors (Lipinski definition) is 0. The normalized spacial score (nSPS) is 8.57. The Morgan fingerprint density at radius 1 is 1.00 bits per heavy atom. The number of benzene rings is 1. The monoisotopic (exact) mass is 146 g/mol. The second kappa shape index (κ2) is 2.24. The fraction of sp³-hybridized carbons (Fsp3) is 0. The van der Waals surface area contributed by atoms with Crippen molar-refractivity contribution in [3.63, 3.8) is 0 Å². The summed E-state index contributed by atoms with van der Waals surface area (Å²) in [7, 11) is 0. The van der Waals surface area contributed by atoms with Crippen LogP contribution in [0.3, 0.4) is 0 Å². The molecule has 0 aliphatic rings. The van der Waals surface area contributed by atoms with Gasteiger partial charge in [-0.2, -0.15) is 0 Å². The first kappa shape index (κ1) is 5.00. The van der Waals surface area contributed by atoms with Gasteiger partial charge >= 0.3 is 53.0 Å². The quantitative estimate of drug-likeness (QED) is 0.468. The molecule has 7 heavy (non-hydrogen) atoms. The Balaban J connectivity index is 3.02. The van der Waals surface area contributed by atoms with Crippen molar-refractivity contribution in [1.82, 2.24) is 0 Å². The van der Waals surface area contributed by atoms with Gasteiger partial charge in [-0.1, -0.05) is 0 Å². The zero-order valence-corrected chi connectivity index (χ0v) is 6.39. The molecule has 0 amide bonds. The van der Waals surface area contributed by atoms with Gasteiger partial charge in [0, 0.05) is 0 Å². The zero-order chi connectivity index (χ0) is 5.11. The predicted octanol–water partition coefficient (Wildman–Crippen LogP) is 0.480.